The van der Waals surface area contributed by atoms with Gasteiger partial charge in [0.05, 0.1) is 13.2 Å². The molecule has 0 aromatic heterocycles. The van der Waals surface area contributed by atoms with Gasteiger partial charge in [0.1, 0.15) is 6.61 Å². The Morgan fingerprint density at radius 3 is 1.74 bits per heavy atom. The van der Waals surface area contributed by atoms with Crippen LogP contribution >= 0.6 is 0 Å². The average Bonchev–Trinajstić information content (AvgIpc) is 2.83. The summed E-state index contributed by atoms with van der Waals surface area (Å²) >= 11 is 0. The van der Waals surface area contributed by atoms with Crippen molar-refractivity contribution in [1.82, 2.24) is 5.32 Å². The zero-order chi connectivity index (χ0) is 26.0. The van der Waals surface area contributed by atoms with E-state index < -0.39 is 32.5 Å². The maximum atomic E-state index is 13.1. The predicted molar refractivity (Wildman–Crippen MR) is 142 cm³/mol. The van der Waals surface area contributed by atoms with Gasteiger partial charge in [-0.05, 0) is 34.2 Å². The molecule has 2 aromatic carbocycles. The van der Waals surface area contributed by atoms with Crippen molar-refractivity contribution in [2.24, 2.45) is 0 Å². The van der Waals surface area contributed by atoms with Crippen molar-refractivity contribution < 1.29 is 23.5 Å². The molecule has 0 heterocycles. The van der Waals surface area contributed by atoms with E-state index in [9.17, 15) is 9.59 Å². The van der Waals surface area contributed by atoms with Crippen LogP contribution in [0, 0.1) is 0 Å². The highest BCUT2D eigenvalue weighted by Gasteiger charge is 2.49. The van der Waals surface area contributed by atoms with Crippen molar-refractivity contribution >= 4 is 20.4 Å². The van der Waals surface area contributed by atoms with Crippen LogP contribution in [0.4, 0.5) is 4.79 Å². The third-order valence-electron chi connectivity index (χ3n) is 6.65. The second-order valence-corrected chi connectivity index (χ2v) is 15.3. The van der Waals surface area contributed by atoms with Gasteiger partial charge in [-0.25, -0.2) is 9.59 Å². The molecule has 0 aliphatic rings. The predicted octanol–water partition coefficient (Wildman–Crippen LogP) is 6.26. The van der Waals surface area contributed by atoms with Gasteiger partial charge in [-0.15, -0.1) is 0 Å². The third-order valence-corrected chi connectivity index (χ3v) is 12.7. The van der Waals surface area contributed by atoms with Gasteiger partial charge in [0.15, 0.2) is 6.10 Å². The van der Waals surface area contributed by atoms with Crippen LogP contribution in [0.15, 0.2) is 60.7 Å². The first kappa shape index (κ1) is 28.6. The van der Waals surface area contributed by atoms with Crippen LogP contribution in [0.2, 0.25) is 16.6 Å². The molecule has 1 N–H and O–H groups in total. The number of nitrogens with one attached hydrogen (secondary N) is 1. The molecule has 0 saturated carbocycles. The first-order chi connectivity index (χ1) is 16.6. The van der Waals surface area contributed by atoms with Crippen molar-refractivity contribution in [2.45, 2.75) is 83.3 Å². The van der Waals surface area contributed by atoms with Gasteiger partial charge in [-0.2, -0.15) is 0 Å². The van der Waals surface area contributed by atoms with Gasteiger partial charge < -0.3 is 19.2 Å². The summed E-state index contributed by atoms with van der Waals surface area (Å²) < 4.78 is 17.5. The molecule has 0 aliphatic heterocycles. The largest absolute Gasteiger partial charge is 0.467 e. The van der Waals surface area contributed by atoms with Gasteiger partial charge in [-0.3, -0.25) is 0 Å². The van der Waals surface area contributed by atoms with Crippen molar-refractivity contribution in [1.29, 1.82) is 0 Å². The van der Waals surface area contributed by atoms with E-state index in [1.807, 2.05) is 60.7 Å². The van der Waals surface area contributed by atoms with Gasteiger partial charge in [0.2, 0.25) is 8.32 Å². The summed E-state index contributed by atoms with van der Waals surface area (Å²) in [5, 5.41) is 2.93. The number of carbonyl (C=O) groups is 2. The Kier molecular flexibility index (Phi) is 11.0. The maximum Gasteiger partial charge on any atom is 0.407 e. The second kappa shape index (κ2) is 13.4. The lowest BCUT2D eigenvalue weighted by atomic mass is 10.0. The molecule has 7 heteroatoms. The first-order valence-corrected chi connectivity index (χ1v) is 14.5. The van der Waals surface area contributed by atoms with Crippen molar-refractivity contribution in [2.75, 3.05) is 7.11 Å². The molecule has 1 amide bonds. The number of ether oxygens (including phenoxy) is 2. The van der Waals surface area contributed by atoms with Gasteiger partial charge in [-0.1, -0.05) is 102 Å². The van der Waals surface area contributed by atoms with E-state index >= 15 is 0 Å². The lowest BCUT2D eigenvalue weighted by Gasteiger charge is -2.45. The van der Waals surface area contributed by atoms with E-state index in [0.717, 1.165) is 11.1 Å². The number of hydrogen-bond donors (Lipinski definition) is 1. The van der Waals surface area contributed by atoms with Gasteiger partial charge in [0.25, 0.3) is 0 Å². The van der Waals surface area contributed by atoms with E-state index in [2.05, 4.69) is 46.9 Å². The third kappa shape index (κ3) is 7.67. The highest BCUT2D eigenvalue weighted by molar-refractivity contribution is 6.77. The van der Waals surface area contributed by atoms with Crippen LogP contribution in [-0.4, -0.2) is 39.6 Å². The molecule has 6 nitrogen and oxygen atoms in total. The van der Waals surface area contributed by atoms with Crippen LogP contribution in [0.3, 0.4) is 0 Å². The summed E-state index contributed by atoms with van der Waals surface area (Å²) in [5.41, 5.74) is 2.64. The molecular weight excluding hydrogens is 458 g/mol. The smallest absolute Gasteiger partial charge is 0.407 e. The molecule has 0 aliphatic carbocycles. The molecule has 2 atom stereocenters. The quantitative estimate of drug-likeness (QED) is 0.276. The Morgan fingerprint density at radius 2 is 1.29 bits per heavy atom. The SMILES string of the molecule is COC(=O)[C@H](O[Si](C(C)C)(C(C)C)C(C)C)[C@@H](Cc1ccccc1)NC(=O)OCc1ccccc1. The molecule has 35 heavy (non-hydrogen) atoms. The average molecular weight is 500 g/mol. The minimum Gasteiger partial charge on any atom is -0.467 e. The van der Waals surface area contributed by atoms with Crippen molar-refractivity contribution in [3.8, 4) is 0 Å². The van der Waals surface area contributed by atoms with Crippen LogP contribution in [0.5, 0.6) is 0 Å². The summed E-state index contributed by atoms with van der Waals surface area (Å²) in [6.45, 7) is 13.1. The fraction of sp³-hybridized carbons (Fsp3) is 0.500. The van der Waals surface area contributed by atoms with E-state index in [0.29, 0.717) is 6.42 Å². The maximum absolute atomic E-state index is 13.1. The molecule has 2 aromatic rings. The Balaban J connectivity index is 2.37. The van der Waals surface area contributed by atoms with Crippen LogP contribution in [0.1, 0.15) is 52.7 Å². The topological polar surface area (TPSA) is 73.9 Å². The number of carbonyl (C=O) groups excluding carboxylic acids is 2. The Morgan fingerprint density at radius 1 is 0.800 bits per heavy atom. The number of alkyl carbamates (subject to hydrolysis) is 1. The van der Waals surface area contributed by atoms with Crippen LogP contribution in [0.25, 0.3) is 0 Å². The molecule has 0 bridgehead atoms. The fourth-order valence-corrected chi connectivity index (χ4v) is 10.6. The van der Waals surface area contributed by atoms with E-state index in [-0.39, 0.29) is 23.2 Å². The summed E-state index contributed by atoms with van der Waals surface area (Å²) in [6, 6.07) is 18.6. The lowest BCUT2D eigenvalue weighted by molar-refractivity contribution is -0.151. The Bertz CT molecular complexity index is 896. The summed E-state index contributed by atoms with van der Waals surface area (Å²) in [5.74, 6) is -0.492. The zero-order valence-corrected chi connectivity index (χ0v) is 23.1. The van der Waals surface area contributed by atoms with Gasteiger partial charge >= 0.3 is 12.1 Å². The van der Waals surface area contributed by atoms with E-state index in [4.69, 9.17) is 13.9 Å². The van der Waals surface area contributed by atoms with Crippen LogP contribution in [-0.2, 0) is 31.7 Å². The minimum absolute atomic E-state index is 0.136. The molecular formula is C28H41NO5Si. The highest BCUT2D eigenvalue weighted by atomic mass is 28.4. The normalized spacial score (nSPS) is 13.5. The highest BCUT2D eigenvalue weighted by Crippen LogP contribution is 2.43. The zero-order valence-electron chi connectivity index (χ0n) is 22.1. The Labute approximate surface area is 211 Å². The summed E-state index contributed by atoms with van der Waals surface area (Å²) in [6.07, 6.45) is -1.15. The monoisotopic (exact) mass is 499 g/mol. The van der Waals surface area contributed by atoms with Crippen LogP contribution < -0.4 is 5.32 Å². The van der Waals surface area contributed by atoms with Gasteiger partial charge in [0, 0.05) is 0 Å². The molecule has 192 valence electrons. The lowest BCUT2D eigenvalue weighted by Crippen LogP contribution is -2.58. The molecule has 0 spiro atoms. The second-order valence-electron chi connectivity index (χ2n) is 9.88. The number of benzene rings is 2. The Hall–Kier alpha value is -2.64. The molecule has 2 rings (SSSR count). The van der Waals surface area contributed by atoms with E-state index in [1.54, 1.807) is 0 Å². The first-order valence-electron chi connectivity index (χ1n) is 12.4. The number of methoxy groups -OCH3 is 1. The van der Waals surface area contributed by atoms with Crippen molar-refractivity contribution in [3.05, 3.63) is 71.8 Å². The molecule has 0 radical (unpaired) electrons. The number of esters is 1. The minimum atomic E-state index is -2.46. The molecule has 0 unspecified atom stereocenters. The fourth-order valence-electron chi connectivity index (χ4n) is 5.06. The molecule has 0 saturated heterocycles. The summed E-state index contributed by atoms with van der Waals surface area (Å²) in [4.78, 5) is 26.0. The summed E-state index contributed by atoms with van der Waals surface area (Å²) in [7, 11) is -1.11. The van der Waals surface area contributed by atoms with Crippen molar-refractivity contribution in [3.63, 3.8) is 0 Å². The number of hydrogen-bond acceptors (Lipinski definition) is 5. The van der Waals surface area contributed by atoms with E-state index in [1.165, 1.54) is 7.11 Å². The number of rotatable bonds is 12. The standard InChI is InChI=1S/C28H41NO5Si/c1-20(2)35(21(3)4,22(5)6)34-26(27(30)32-7)25(18-23-14-10-8-11-15-23)29-28(31)33-19-24-16-12-9-13-17-24/h8-17,20-22,25-26H,18-19H2,1-7H3,(H,29,31)/t25-,26-/m1/s1. The molecule has 0 fully saturated rings. The number of amides is 1.